The van der Waals surface area contributed by atoms with E-state index in [1.54, 1.807) is 31.5 Å². The van der Waals surface area contributed by atoms with E-state index in [1.165, 1.54) is 28.5 Å². The number of thiazole rings is 1. The molecule has 0 saturated heterocycles. The number of amides is 1. The molecule has 7 heteroatoms. The molecule has 0 bridgehead atoms. The molecular weight excluding hydrogens is 470 g/mol. The van der Waals surface area contributed by atoms with Crippen LogP contribution in [-0.2, 0) is 17.8 Å². The number of aryl methyl sites for hydroxylation is 1. The first-order chi connectivity index (χ1) is 17.5. The van der Waals surface area contributed by atoms with Crippen LogP contribution in [0, 0.1) is 18.3 Å². The molecule has 6 nitrogen and oxygen atoms in total. The summed E-state index contributed by atoms with van der Waals surface area (Å²) >= 11 is 1.39. The average molecular weight is 496 g/mol. The van der Waals surface area contributed by atoms with Crippen molar-refractivity contribution in [3.8, 4) is 17.6 Å². The second-order valence-corrected chi connectivity index (χ2v) is 9.22. The van der Waals surface area contributed by atoms with Gasteiger partial charge in [-0.25, -0.2) is 4.98 Å². The van der Waals surface area contributed by atoms with Crippen LogP contribution in [0.15, 0.2) is 84.6 Å². The molecule has 1 amide bonds. The number of aromatic nitrogens is 1. The number of hydrogen-bond donors (Lipinski definition) is 1. The summed E-state index contributed by atoms with van der Waals surface area (Å²) in [6, 6.07) is 25.3. The molecule has 4 aromatic rings. The molecule has 0 radical (unpaired) electrons. The van der Waals surface area contributed by atoms with Gasteiger partial charge in [-0.05, 0) is 41.8 Å². The van der Waals surface area contributed by atoms with Gasteiger partial charge >= 0.3 is 0 Å². The summed E-state index contributed by atoms with van der Waals surface area (Å²) in [5, 5.41) is 12.8. The third kappa shape index (κ3) is 6.59. The number of ether oxygens (including phenoxy) is 2. The second-order valence-electron chi connectivity index (χ2n) is 8.11. The van der Waals surface area contributed by atoms with Crippen LogP contribution in [0.3, 0.4) is 0 Å². The number of carbonyl (C=O) groups excluding carboxylic acids is 1. The summed E-state index contributed by atoms with van der Waals surface area (Å²) in [5.41, 5.74) is 4.02. The fourth-order valence-electron chi connectivity index (χ4n) is 3.58. The van der Waals surface area contributed by atoms with E-state index in [-0.39, 0.29) is 5.57 Å². The number of nitrogens with one attached hydrogen (secondary N) is 1. The van der Waals surface area contributed by atoms with Crippen molar-refractivity contribution in [2.24, 2.45) is 0 Å². The number of hydrogen-bond acceptors (Lipinski definition) is 6. The first-order valence-corrected chi connectivity index (χ1v) is 12.1. The van der Waals surface area contributed by atoms with Gasteiger partial charge in [0.15, 0.2) is 16.6 Å². The van der Waals surface area contributed by atoms with Crippen LogP contribution in [0.1, 0.15) is 27.1 Å². The zero-order chi connectivity index (χ0) is 25.3. The monoisotopic (exact) mass is 495 g/mol. The lowest BCUT2D eigenvalue weighted by molar-refractivity contribution is -0.112. The van der Waals surface area contributed by atoms with E-state index in [1.807, 2.05) is 42.5 Å². The van der Waals surface area contributed by atoms with Gasteiger partial charge in [-0.3, -0.25) is 10.1 Å². The van der Waals surface area contributed by atoms with Crippen LogP contribution >= 0.6 is 11.3 Å². The Kier molecular flexibility index (Phi) is 8.12. The Bertz CT molecular complexity index is 1420. The molecular formula is C29H25N3O3S. The Morgan fingerprint density at radius 3 is 2.61 bits per heavy atom. The number of benzene rings is 3. The Morgan fingerprint density at radius 1 is 1.06 bits per heavy atom. The fourth-order valence-corrected chi connectivity index (χ4v) is 4.42. The van der Waals surface area contributed by atoms with Crippen molar-refractivity contribution < 1.29 is 14.3 Å². The molecule has 0 atom stereocenters. The third-order valence-corrected chi connectivity index (χ3v) is 6.25. The quantitative estimate of drug-likeness (QED) is 0.222. The van der Waals surface area contributed by atoms with Gasteiger partial charge in [0.2, 0.25) is 0 Å². The van der Waals surface area contributed by atoms with Gasteiger partial charge < -0.3 is 9.47 Å². The predicted molar refractivity (Wildman–Crippen MR) is 142 cm³/mol. The van der Waals surface area contributed by atoms with Crippen molar-refractivity contribution in [1.29, 1.82) is 5.26 Å². The lowest BCUT2D eigenvalue weighted by atomic mass is 10.1. The number of nitrogens with zero attached hydrogens (tertiary/aromatic N) is 2. The van der Waals surface area contributed by atoms with Gasteiger partial charge in [-0.15, -0.1) is 11.3 Å². The number of nitriles is 1. The minimum Gasteiger partial charge on any atom is -0.493 e. The lowest BCUT2D eigenvalue weighted by Gasteiger charge is -2.11. The maximum absolute atomic E-state index is 12.7. The first kappa shape index (κ1) is 24.7. The zero-order valence-corrected chi connectivity index (χ0v) is 20.8. The standard InChI is InChI=1S/C29H25N3O3S/c1-20-7-6-10-22(13-20)15-25-18-31-29(36-25)32-28(33)24(17-30)14-23-11-12-26(27(16-23)34-2)35-19-21-8-4-3-5-9-21/h3-14,16,18H,15,19H2,1-2H3,(H,31,32,33). The van der Waals surface area contributed by atoms with Gasteiger partial charge in [0, 0.05) is 17.5 Å². The highest BCUT2D eigenvalue weighted by Gasteiger charge is 2.13. The van der Waals surface area contributed by atoms with E-state index in [0.717, 1.165) is 16.9 Å². The Balaban J connectivity index is 1.42. The number of carbonyl (C=O) groups is 1. The van der Waals surface area contributed by atoms with E-state index >= 15 is 0 Å². The Labute approximate surface area is 214 Å². The van der Waals surface area contributed by atoms with Crippen LogP contribution in [0.25, 0.3) is 6.08 Å². The fraction of sp³-hybridized carbons (Fsp3) is 0.138. The molecule has 0 saturated carbocycles. The molecule has 0 fully saturated rings. The SMILES string of the molecule is COc1cc(C=C(C#N)C(=O)Nc2ncc(Cc3cccc(C)c3)s2)ccc1OCc1ccccc1. The van der Waals surface area contributed by atoms with E-state index in [2.05, 4.69) is 35.4 Å². The smallest absolute Gasteiger partial charge is 0.268 e. The van der Waals surface area contributed by atoms with E-state index in [9.17, 15) is 10.1 Å². The third-order valence-electron chi connectivity index (χ3n) is 5.34. The first-order valence-electron chi connectivity index (χ1n) is 11.3. The number of rotatable bonds is 9. The maximum atomic E-state index is 12.7. The highest BCUT2D eigenvalue weighted by Crippen LogP contribution is 2.30. The average Bonchev–Trinajstić information content (AvgIpc) is 3.33. The van der Waals surface area contributed by atoms with E-state index < -0.39 is 5.91 Å². The molecule has 0 aliphatic heterocycles. The van der Waals surface area contributed by atoms with Crippen molar-refractivity contribution in [3.63, 3.8) is 0 Å². The normalized spacial score (nSPS) is 11.0. The largest absolute Gasteiger partial charge is 0.493 e. The minimum absolute atomic E-state index is 0.0366. The summed E-state index contributed by atoms with van der Waals surface area (Å²) in [5.74, 6) is 0.570. The molecule has 0 aliphatic carbocycles. The molecule has 4 rings (SSSR count). The second kappa shape index (κ2) is 11.8. The van der Waals surface area contributed by atoms with Gasteiger partial charge in [0.1, 0.15) is 18.2 Å². The van der Waals surface area contributed by atoms with Crippen LogP contribution in [-0.4, -0.2) is 18.0 Å². The van der Waals surface area contributed by atoms with Gasteiger partial charge in [-0.1, -0.05) is 66.2 Å². The predicted octanol–water partition coefficient (Wildman–Crippen LogP) is 6.18. The van der Waals surface area contributed by atoms with Crippen molar-refractivity contribution in [2.75, 3.05) is 12.4 Å². The van der Waals surface area contributed by atoms with Gasteiger partial charge in [0.25, 0.3) is 5.91 Å². The number of methoxy groups -OCH3 is 1. The summed E-state index contributed by atoms with van der Waals surface area (Å²) in [4.78, 5) is 18.1. The summed E-state index contributed by atoms with van der Waals surface area (Å²) in [6.45, 7) is 2.45. The van der Waals surface area contributed by atoms with Crippen molar-refractivity contribution in [1.82, 2.24) is 4.98 Å². The van der Waals surface area contributed by atoms with Crippen LogP contribution in [0.5, 0.6) is 11.5 Å². The highest BCUT2D eigenvalue weighted by atomic mass is 32.1. The summed E-state index contributed by atoms with van der Waals surface area (Å²) < 4.78 is 11.3. The maximum Gasteiger partial charge on any atom is 0.268 e. The Morgan fingerprint density at radius 2 is 1.86 bits per heavy atom. The minimum atomic E-state index is -0.516. The highest BCUT2D eigenvalue weighted by molar-refractivity contribution is 7.15. The van der Waals surface area contributed by atoms with Crippen LogP contribution < -0.4 is 14.8 Å². The molecule has 0 spiro atoms. The van der Waals surface area contributed by atoms with Crippen LogP contribution in [0.4, 0.5) is 5.13 Å². The lowest BCUT2D eigenvalue weighted by Crippen LogP contribution is -2.13. The molecule has 1 heterocycles. The topological polar surface area (TPSA) is 84.2 Å². The van der Waals surface area contributed by atoms with Crippen LogP contribution in [0.2, 0.25) is 0 Å². The summed E-state index contributed by atoms with van der Waals surface area (Å²) in [6.07, 6.45) is 3.99. The van der Waals surface area contributed by atoms with E-state index in [0.29, 0.717) is 28.8 Å². The Hall–Kier alpha value is -4.41. The van der Waals surface area contributed by atoms with Crippen molar-refractivity contribution >= 4 is 28.5 Å². The summed E-state index contributed by atoms with van der Waals surface area (Å²) in [7, 11) is 1.55. The molecule has 1 N–H and O–H groups in total. The molecule has 0 unspecified atom stereocenters. The molecule has 36 heavy (non-hydrogen) atoms. The molecule has 1 aromatic heterocycles. The number of anilines is 1. The van der Waals surface area contributed by atoms with Gasteiger partial charge in [-0.2, -0.15) is 5.26 Å². The van der Waals surface area contributed by atoms with E-state index in [4.69, 9.17) is 9.47 Å². The zero-order valence-electron chi connectivity index (χ0n) is 20.0. The van der Waals surface area contributed by atoms with Crippen molar-refractivity contribution in [2.45, 2.75) is 20.0 Å². The molecule has 3 aromatic carbocycles. The van der Waals surface area contributed by atoms with Gasteiger partial charge in [0.05, 0.1) is 7.11 Å². The molecule has 0 aliphatic rings. The molecule has 180 valence electrons. The van der Waals surface area contributed by atoms with Crippen molar-refractivity contribution in [3.05, 3.63) is 112 Å².